The highest BCUT2D eigenvalue weighted by atomic mass is 32.2. The van der Waals surface area contributed by atoms with E-state index in [1.807, 2.05) is 164 Å². The van der Waals surface area contributed by atoms with Gasteiger partial charge in [0.15, 0.2) is 0 Å². The lowest BCUT2D eigenvalue weighted by molar-refractivity contribution is 0.0445. The lowest BCUT2D eigenvalue weighted by Crippen LogP contribution is -2.17. The number of carbonyl (C=O) groups excluding carboxylic acids is 6. The molecule has 18 heteroatoms. The van der Waals surface area contributed by atoms with Crippen molar-refractivity contribution in [3.63, 3.8) is 0 Å². The van der Waals surface area contributed by atoms with Crippen molar-refractivity contribution in [3.05, 3.63) is 247 Å². The van der Waals surface area contributed by atoms with Crippen LogP contribution in [0.15, 0.2) is 230 Å². The summed E-state index contributed by atoms with van der Waals surface area (Å²) in [6, 6.07) is 65.9. The number of para-hydroxylation sites is 2. The van der Waals surface area contributed by atoms with Crippen molar-refractivity contribution in [2.24, 2.45) is 0 Å². The second-order valence-electron chi connectivity index (χ2n) is 15.2. The Morgan fingerprint density at radius 3 is 1.16 bits per heavy atom. The van der Waals surface area contributed by atoms with Gasteiger partial charge in [-0.1, -0.05) is 194 Å². The first-order valence-electron chi connectivity index (χ1n) is 24.6. The summed E-state index contributed by atoms with van der Waals surface area (Å²) in [6.45, 7) is 10.2. The zero-order valence-electron chi connectivity index (χ0n) is 43.9. The second-order valence-corrected chi connectivity index (χ2v) is 17.2. The van der Waals surface area contributed by atoms with Crippen LogP contribution >= 0.6 is 23.5 Å². The maximum Gasteiger partial charge on any atom is 0.519 e. The summed E-state index contributed by atoms with van der Waals surface area (Å²) in [5.74, 6) is 1.58. The van der Waals surface area contributed by atoms with E-state index in [9.17, 15) is 28.8 Å². The van der Waals surface area contributed by atoms with Gasteiger partial charge in [-0.2, -0.15) is 0 Å². The van der Waals surface area contributed by atoms with Crippen LogP contribution in [0.2, 0.25) is 0 Å². The molecule has 0 saturated carbocycles. The summed E-state index contributed by atoms with van der Waals surface area (Å²) in [5.41, 5.74) is 4.10. The molecule has 0 atom stereocenters. The van der Waals surface area contributed by atoms with Gasteiger partial charge in [0.25, 0.3) is 10.5 Å². The molecule has 7 aromatic rings. The molecule has 0 aromatic heterocycles. The fourth-order valence-corrected chi connectivity index (χ4v) is 6.69. The predicted molar refractivity (Wildman–Crippen MR) is 306 cm³/mol. The van der Waals surface area contributed by atoms with Crippen molar-refractivity contribution in [1.82, 2.24) is 10.6 Å². The number of benzene rings is 7. The molecule has 0 aliphatic carbocycles. The minimum Gasteiger partial charge on any atom is -0.435 e. The molecule has 79 heavy (non-hydrogen) atoms. The maximum absolute atomic E-state index is 11.6. The van der Waals surface area contributed by atoms with E-state index < -0.39 is 24.6 Å². The Bertz CT molecular complexity index is 2650. The highest BCUT2D eigenvalue weighted by molar-refractivity contribution is 8.13. The number of carbonyl (C=O) groups is 6. The van der Waals surface area contributed by atoms with Gasteiger partial charge in [0, 0.05) is 23.7 Å². The number of ether oxygens (including phenoxy) is 8. The summed E-state index contributed by atoms with van der Waals surface area (Å²) in [6.07, 6.45) is -0.808. The quantitative estimate of drug-likeness (QED) is 0.0322. The molecule has 16 nitrogen and oxygen atoms in total. The van der Waals surface area contributed by atoms with Crippen LogP contribution in [0.1, 0.15) is 36.1 Å². The van der Waals surface area contributed by atoms with Crippen molar-refractivity contribution < 1.29 is 66.7 Å². The van der Waals surface area contributed by atoms with E-state index >= 15 is 0 Å². The Kier molecular flexibility index (Phi) is 34.3. The van der Waals surface area contributed by atoms with Crippen molar-refractivity contribution in [3.8, 4) is 11.5 Å². The van der Waals surface area contributed by atoms with Gasteiger partial charge >= 0.3 is 24.6 Å². The number of hydrogen-bond donors (Lipinski definition) is 2. The molecule has 0 spiro atoms. The predicted octanol–water partition coefficient (Wildman–Crippen LogP) is 14.6. The third-order valence-corrected chi connectivity index (χ3v) is 10.8. The average Bonchev–Trinajstić information content (AvgIpc) is 3.98. The fraction of sp³-hybridized carbons (Fsp3) is 0.180. The van der Waals surface area contributed by atoms with Gasteiger partial charge < -0.3 is 48.5 Å². The lowest BCUT2D eigenvalue weighted by Gasteiger charge is -2.06. The lowest BCUT2D eigenvalue weighted by atomic mass is 10.2. The monoisotopic (exact) mass is 1110 g/mol. The number of hydrogen-bond acceptors (Lipinski definition) is 16. The second kappa shape index (κ2) is 42.2. The van der Waals surface area contributed by atoms with Crippen LogP contribution in [0.25, 0.3) is 0 Å². The van der Waals surface area contributed by atoms with Crippen molar-refractivity contribution in [1.29, 1.82) is 0 Å². The summed E-state index contributed by atoms with van der Waals surface area (Å²) in [5, 5.41) is 5.65. The number of rotatable bonds is 15. The average molecular weight is 1110 g/mol. The molecule has 1 heterocycles. The molecule has 1 aliphatic heterocycles. The summed E-state index contributed by atoms with van der Waals surface area (Å²) in [7, 11) is 0. The molecule has 2 N–H and O–H groups in total. The van der Waals surface area contributed by atoms with Crippen LogP contribution in [0.3, 0.4) is 0 Å². The number of amides is 2. The third kappa shape index (κ3) is 33.6. The smallest absolute Gasteiger partial charge is 0.435 e. The van der Waals surface area contributed by atoms with Crippen LogP contribution in [-0.2, 0) is 54.7 Å². The maximum atomic E-state index is 11.6. The number of cyclic esters (lactones) is 2. The van der Waals surface area contributed by atoms with E-state index in [0.29, 0.717) is 56.8 Å². The van der Waals surface area contributed by atoms with Gasteiger partial charge in [-0.15, -0.1) is 6.58 Å². The van der Waals surface area contributed by atoms with Crippen LogP contribution in [0.4, 0.5) is 28.8 Å². The van der Waals surface area contributed by atoms with Gasteiger partial charge in [-0.25, -0.2) is 19.2 Å². The molecule has 8 rings (SSSR count). The molecule has 1 fully saturated rings. The topological polar surface area (TPSA) is 200 Å². The Morgan fingerprint density at radius 2 is 0.810 bits per heavy atom. The Labute approximate surface area is 469 Å². The molecule has 0 radical (unpaired) electrons. The fourth-order valence-electron chi connectivity index (χ4n) is 5.59. The standard InChI is InChI=1S/C15H14O3.C14H13NOS.C13H10O3.C11H13NOS.C5H10O3.C3H4O3/c16-15(17-11-13-7-3-1-4-8-13)18-12-14-9-5-2-6-10-14;16-14(17-13-9-5-2-6-10-13)15-11-12-7-3-1-4-8-12;14-13(15-11-7-3-1-4-8-11)16-12-9-5-2-6-10-12;1-2-8-14-11(13)12-9-10-6-4-3-5-7-10;1-3-7-5(6)8-4-2;4-3-5-1-2-6-3/h1-10H,11-12H2;1-10H,11H2,(H,15,16);1-10H;2-7H,1,8-9H2,(H,12,13);3-4H2,1-2H3;1-2H2. The van der Waals surface area contributed by atoms with Gasteiger partial charge in [-0.3, -0.25) is 9.59 Å². The normalized spacial score (nSPS) is 10.3. The summed E-state index contributed by atoms with van der Waals surface area (Å²) < 4.78 is 37.3. The van der Waals surface area contributed by atoms with E-state index in [1.165, 1.54) is 23.5 Å². The Balaban J connectivity index is 0.000000257. The van der Waals surface area contributed by atoms with E-state index in [4.69, 9.17) is 18.9 Å². The van der Waals surface area contributed by atoms with E-state index in [1.54, 1.807) is 68.5 Å². The molecule has 7 aromatic carbocycles. The van der Waals surface area contributed by atoms with Crippen LogP contribution in [0.5, 0.6) is 11.5 Å². The first-order chi connectivity index (χ1) is 38.6. The highest BCUT2D eigenvalue weighted by Crippen LogP contribution is 2.18. The first-order valence-corrected chi connectivity index (χ1v) is 26.4. The van der Waals surface area contributed by atoms with E-state index in [-0.39, 0.29) is 23.7 Å². The van der Waals surface area contributed by atoms with Gasteiger partial charge in [-0.05, 0) is 84.3 Å². The minimum atomic E-state index is -0.739. The van der Waals surface area contributed by atoms with Crippen LogP contribution < -0.4 is 20.1 Å². The van der Waals surface area contributed by atoms with Crippen molar-refractivity contribution in [2.45, 2.75) is 45.0 Å². The molecule has 2 amide bonds. The molecular formula is C61H64N2O14S2. The molecule has 0 bridgehead atoms. The highest BCUT2D eigenvalue weighted by Gasteiger charge is 2.10. The van der Waals surface area contributed by atoms with Crippen molar-refractivity contribution in [2.75, 3.05) is 32.2 Å². The van der Waals surface area contributed by atoms with Crippen LogP contribution in [0, 0.1) is 0 Å². The third-order valence-electron chi connectivity index (χ3n) is 9.18. The summed E-state index contributed by atoms with van der Waals surface area (Å²) in [4.78, 5) is 66.5. The van der Waals surface area contributed by atoms with Crippen LogP contribution in [-0.4, -0.2) is 67.3 Å². The molecule has 414 valence electrons. The SMILES string of the molecule is C=CCSC(=O)NCc1ccccc1.CCOC(=O)OCC.O=C(NCc1ccccc1)Sc1ccccc1.O=C(OCc1ccccc1)OCc1ccccc1.O=C(Oc1ccccc1)Oc1ccccc1.O=C1OCCO1. The molecule has 1 saturated heterocycles. The Hall–Kier alpha value is -9.00. The molecule has 0 unspecified atom stereocenters. The van der Waals surface area contributed by atoms with E-state index in [0.717, 1.165) is 27.1 Å². The van der Waals surface area contributed by atoms with Gasteiger partial charge in [0.1, 0.15) is 37.9 Å². The van der Waals surface area contributed by atoms with E-state index in [2.05, 4.69) is 36.2 Å². The zero-order valence-corrected chi connectivity index (χ0v) is 45.5. The summed E-state index contributed by atoms with van der Waals surface area (Å²) >= 11 is 2.44. The zero-order chi connectivity index (χ0) is 56.8. The molecular weight excluding hydrogens is 1050 g/mol. The van der Waals surface area contributed by atoms with Crippen molar-refractivity contribution >= 4 is 58.6 Å². The Morgan fingerprint density at radius 1 is 0.468 bits per heavy atom. The number of thioether (sulfide) groups is 2. The molecule has 1 aliphatic rings. The first kappa shape index (κ1) is 64.3. The van der Waals surface area contributed by atoms with Gasteiger partial charge in [0.2, 0.25) is 0 Å². The number of nitrogens with one attached hydrogen (secondary N) is 2. The largest absolute Gasteiger partial charge is 0.519 e. The minimum absolute atomic E-state index is 0.00578. The van der Waals surface area contributed by atoms with Gasteiger partial charge in [0.05, 0.1) is 13.2 Å².